The van der Waals surface area contributed by atoms with Gasteiger partial charge in [0, 0.05) is 12.0 Å². The number of methoxy groups -OCH3 is 1. The van der Waals surface area contributed by atoms with Crippen molar-refractivity contribution in [2.75, 3.05) is 7.11 Å². The van der Waals surface area contributed by atoms with E-state index in [4.69, 9.17) is 4.74 Å². The quantitative estimate of drug-likeness (QED) is 0.552. The molecule has 4 nitrogen and oxygen atoms in total. The van der Waals surface area contributed by atoms with Crippen molar-refractivity contribution in [2.24, 2.45) is 5.41 Å². The Morgan fingerprint density at radius 2 is 2.03 bits per heavy atom. The Kier molecular flexibility index (Phi) is 5.37. The maximum atomic E-state index is 12.0. The van der Waals surface area contributed by atoms with E-state index < -0.39 is 0 Å². The fourth-order valence-electron chi connectivity index (χ4n) is 4.92. The Hall–Kier alpha value is -3.66. The van der Waals surface area contributed by atoms with Gasteiger partial charge in [0.2, 0.25) is 0 Å². The molecule has 3 aliphatic rings. The van der Waals surface area contributed by atoms with Crippen molar-refractivity contribution in [1.29, 1.82) is 0 Å². The highest BCUT2D eigenvalue weighted by Gasteiger charge is 2.38. The Bertz CT molecular complexity index is 1360. The summed E-state index contributed by atoms with van der Waals surface area (Å²) < 4.78 is 7.11. The van der Waals surface area contributed by atoms with Gasteiger partial charge >= 0.3 is 5.97 Å². The van der Waals surface area contributed by atoms with Gasteiger partial charge in [0.05, 0.1) is 30.9 Å². The molecule has 166 valence electrons. The van der Waals surface area contributed by atoms with Crippen LogP contribution < -0.4 is 0 Å². The molecule has 0 fully saturated rings. The monoisotopic (exact) mass is 436 g/mol. The van der Waals surface area contributed by atoms with Crippen LogP contribution in [0.2, 0.25) is 0 Å². The molecule has 0 saturated heterocycles. The first-order chi connectivity index (χ1) is 16.0. The molecule has 1 aromatic carbocycles. The number of nitrogens with zero attached hydrogens (tertiary/aromatic N) is 2. The minimum Gasteiger partial charge on any atom is -0.469 e. The molecule has 0 bridgehead atoms. The number of aromatic nitrogens is 2. The summed E-state index contributed by atoms with van der Waals surface area (Å²) in [4.78, 5) is 16.6. The second kappa shape index (κ2) is 8.36. The van der Waals surface area contributed by atoms with Crippen LogP contribution in [-0.2, 0) is 16.1 Å². The average Bonchev–Trinajstić information content (AvgIpc) is 3.11. The molecule has 0 radical (unpaired) electrons. The molecular formula is C29H28N2O2. The molecule has 4 heteroatoms. The molecule has 0 amide bonds. The largest absolute Gasteiger partial charge is 0.469 e. The smallest absolute Gasteiger partial charge is 0.309 e. The van der Waals surface area contributed by atoms with Gasteiger partial charge in [-0.15, -0.1) is 0 Å². The van der Waals surface area contributed by atoms with Crippen molar-refractivity contribution in [3.05, 3.63) is 113 Å². The Morgan fingerprint density at radius 3 is 2.88 bits per heavy atom. The van der Waals surface area contributed by atoms with Crippen molar-refractivity contribution < 1.29 is 9.53 Å². The van der Waals surface area contributed by atoms with E-state index in [0.29, 0.717) is 0 Å². The van der Waals surface area contributed by atoms with Gasteiger partial charge in [-0.25, -0.2) is 4.98 Å². The zero-order valence-electron chi connectivity index (χ0n) is 19.3. The van der Waals surface area contributed by atoms with Crippen molar-refractivity contribution >= 4 is 17.0 Å². The highest BCUT2D eigenvalue weighted by atomic mass is 16.5. The van der Waals surface area contributed by atoms with Gasteiger partial charge in [0.25, 0.3) is 0 Å². The third-order valence-corrected chi connectivity index (χ3v) is 6.96. The molecule has 1 unspecified atom stereocenters. The van der Waals surface area contributed by atoms with Crippen LogP contribution in [-0.4, -0.2) is 22.6 Å². The number of esters is 1. The van der Waals surface area contributed by atoms with E-state index in [1.165, 1.54) is 35.0 Å². The van der Waals surface area contributed by atoms with Crippen molar-refractivity contribution in [3.63, 3.8) is 0 Å². The summed E-state index contributed by atoms with van der Waals surface area (Å²) in [5.74, 6) is -0.214. The van der Waals surface area contributed by atoms with Gasteiger partial charge in [-0.3, -0.25) is 4.79 Å². The van der Waals surface area contributed by atoms with Crippen LogP contribution in [0.4, 0.5) is 0 Å². The molecular weight excluding hydrogens is 408 g/mol. The minimum absolute atomic E-state index is 0.214. The molecule has 0 aliphatic heterocycles. The third-order valence-electron chi connectivity index (χ3n) is 6.96. The zero-order chi connectivity index (χ0) is 23.0. The van der Waals surface area contributed by atoms with Gasteiger partial charge < -0.3 is 9.30 Å². The number of allylic oxidation sites excluding steroid dienone is 13. The Morgan fingerprint density at radius 1 is 1.18 bits per heavy atom. The summed E-state index contributed by atoms with van der Waals surface area (Å²) in [6, 6.07) is 4.36. The van der Waals surface area contributed by atoms with E-state index in [2.05, 4.69) is 96.3 Å². The van der Waals surface area contributed by atoms with E-state index in [9.17, 15) is 4.79 Å². The first-order valence-electron chi connectivity index (χ1n) is 11.4. The summed E-state index contributed by atoms with van der Waals surface area (Å²) in [6.45, 7) is 4.98. The van der Waals surface area contributed by atoms with Gasteiger partial charge in [-0.1, -0.05) is 60.8 Å². The predicted octanol–water partition coefficient (Wildman–Crippen LogP) is 6.01. The van der Waals surface area contributed by atoms with Gasteiger partial charge in [0.15, 0.2) is 0 Å². The molecule has 3 aliphatic carbocycles. The number of rotatable bonds is 4. The number of fused-ring (bicyclic) bond motifs is 1. The van der Waals surface area contributed by atoms with E-state index in [0.717, 1.165) is 29.6 Å². The predicted molar refractivity (Wildman–Crippen MR) is 133 cm³/mol. The standard InChI is InChI=1S/C29H28N2O2/c1-20-15-26-27(16-21(20)2)31(19-30-26)14-11-23-7-6-9-24-8-4-5-12-29(24)13-10-22(17-25(23)29)18-28(32)33-3/h4-12,15-17,19H,13-14,18H2,1-3H3/b23-11+. The summed E-state index contributed by atoms with van der Waals surface area (Å²) in [5, 5.41) is 0. The Balaban J connectivity index is 1.55. The summed E-state index contributed by atoms with van der Waals surface area (Å²) in [7, 11) is 1.44. The lowest BCUT2D eigenvalue weighted by Crippen LogP contribution is -2.27. The number of carbonyl (C=O) groups excluding carboxylic acids is 1. The number of imidazole rings is 1. The lowest BCUT2D eigenvalue weighted by Gasteiger charge is -2.38. The first-order valence-corrected chi connectivity index (χ1v) is 11.4. The van der Waals surface area contributed by atoms with E-state index in [1.54, 1.807) is 0 Å². The fourth-order valence-corrected chi connectivity index (χ4v) is 4.92. The van der Waals surface area contributed by atoms with Crippen LogP contribution in [0.25, 0.3) is 11.0 Å². The molecule has 1 atom stereocenters. The van der Waals surface area contributed by atoms with Crippen LogP contribution in [0.15, 0.2) is 102 Å². The third kappa shape index (κ3) is 3.76. The molecule has 1 spiro atoms. The second-order valence-corrected chi connectivity index (χ2v) is 8.95. The number of aryl methyl sites for hydroxylation is 2. The van der Waals surface area contributed by atoms with Crippen LogP contribution in [0.1, 0.15) is 24.0 Å². The molecule has 5 rings (SSSR count). The van der Waals surface area contributed by atoms with Crippen LogP contribution in [0.3, 0.4) is 0 Å². The number of benzene rings is 1. The summed E-state index contributed by atoms with van der Waals surface area (Å²) in [5.41, 5.74) is 9.14. The highest BCUT2D eigenvalue weighted by Crippen LogP contribution is 2.50. The average molecular weight is 437 g/mol. The van der Waals surface area contributed by atoms with Gasteiger partial charge in [-0.2, -0.15) is 0 Å². The zero-order valence-corrected chi connectivity index (χ0v) is 19.3. The lowest BCUT2D eigenvalue weighted by atomic mass is 9.65. The second-order valence-electron chi connectivity index (χ2n) is 8.95. The Labute approximate surface area is 194 Å². The summed E-state index contributed by atoms with van der Waals surface area (Å²) in [6.07, 6.45) is 24.9. The van der Waals surface area contributed by atoms with E-state index >= 15 is 0 Å². The maximum absolute atomic E-state index is 12.0. The highest BCUT2D eigenvalue weighted by molar-refractivity contribution is 5.77. The number of ether oxygens (including phenoxy) is 1. The fraction of sp³-hybridized carbons (Fsp3) is 0.241. The van der Waals surface area contributed by atoms with Gasteiger partial charge in [-0.05, 0) is 65.8 Å². The molecule has 0 N–H and O–H groups in total. The van der Waals surface area contributed by atoms with Gasteiger partial charge in [0.1, 0.15) is 0 Å². The molecule has 33 heavy (non-hydrogen) atoms. The molecule has 2 aromatic rings. The van der Waals surface area contributed by atoms with Crippen LogP contribution >= 0.6 is 0 Å². The summed E-state index contributed by atoms with van der Waals surface area (Å²) >= 11 is 0. The maximum Gasteiger partial charge on any atom is 0.309 e. The lowest BCUT2D eigenvalue weighted by molar-refractivity contribution is -0.139. The van der Waals surface area contributed by atoms with Crippen molar-refractivity contribution in [1.82, 2.24) is 9.55 Å². The number of carbonyl (C=O) groups is 1. The molecule has 1 heterocycles. The SMILES string of the molecule is COC(=O)CC1=CCC23C=CC=CC2=CC=C/C(=C\Cn2cnc4cc(C)c(C)cc42)C3=C1. The first kappa shape index (κ1) is 21.2. The number of hydrogen-bond acceptors (Lipinski definition) is 3. The normalized spacial score (nSPS) is 22.4. The van der Waals surface area contributed by atoms with E-state index in [-0.39, 0.29) is 17.8 Å². The van der Waals surface area contributed by atoms with Crippen molar-refractivity contribution in [3.8, 4) is 0 Å². The van der Waals surface area contributed by atoms with Crippen LogP contribution in [0.5, 0.6) is 0 Å². The topological polar surface area (TPSA) is 44.1 Å². The number of hydrogen-bond donors (Lipinski definition) is 0. The molecule has 1 aromatic heterocycles. The minimum atomic E-state index is -0.214. The van der Waals surface area contributed by atoms with E-state index in [1.807, 2.05) is 6.33 Å². The van der Waals surface area contributed by atoms with Crippen molar-refractivity contribution in [2.45, 2.75) is 33.2 Å². The molecule has 0 saturated carbocycles. The van der Waals surface area contributed by atoms with Crippen LogP contribution in [0, 0.1) is 19.3 Å².